The first kappa shape index (κ1) is 21.9. The Balaban J connectivity index is 2.03. The molecule has 7 heteroatoms. The molecule has 0 aliphatic carbocycles. The quantitative estimate of drug-likeness (QED) is 0.652. The summed E-state index contributed by atoms with van der Waals surface area (Å²) in [4.78, 5) is 12.7. The van der Waals surface area contributed by atoms with Gasteiger partial charge in [0.25, 0.3) is 0 Å². The number of carbonyl (C=O) groups is 1. The summed E-state index contributed by atoms with van der Waals surface area (Å²) in [6.07, 6.45) is 1.09. The zero-order valence-electron chi connectivity index (χ0n) is 16.8. The molecule has 0 aromatic heterocycles. The summed E-state index contributed by atoms with van der Waals surface area (Å²) >= 11 is 0. The molecule has 0 saturated carbocycles. The summed E-state index contributed by atoms with van der Waals surface area (Å²) in [7, 11) is -2.14. The van der Waals surface area contributed by atoms with E-state index in [1.807, 2.05) is 30.3 Å². The highest BCUT2D eigenvalue weighted by molar-refractivity contribution is 7.88. The van der Waals surface area contributed by atoms with E-state index >= 15 is 0 Å². The number of likely N-dealkylation sites (N-methyl/N-ethyl adjacent to an activating group) is 1. The number of nitrogens with zero attached hydrogens (tertiary/aromatic N) is 1. The fourth-order valence-electron chi connectivity index (χ4n) is 2.87. The van der Waals surface area contributed by atoms with Gasteiger partial charge in [-0.25, -0.2) is 8.42 Å². The minimum Gasteiger partial charge on any atom is -0.491 e. The van der Waals surface area contributed by atoms with E-state index in [0.29, 0.717) is 18.1 Å². The van der Waals surface area contributed by atoms with Gasteiger partial charge in [-0.05, 0) is 23.1 Å². The molecule has 0 heterocycles. The smallest absolute Gasteiger partial charge is 0.243 e. The molecule has 1 N–H and O–H groups in total. The maximum atomic E-state index is 12.7. The standard InChI is InChI=1S/C21H28N2O4S/c1-16(2)18-12-8-9-13-19(18)27-15-14-22-21(24)20(23(3)28(4,25)26)17-10-6-5-7-11-17/h5-13,16,20H,14-15H2,1-4H3,(H,22,24)/t20-/m0/s1. The predicted molar refractivity (Wildman–Crippen MR) is 111 cm³/mol. The van der Waals surface area contributed by atoms with E-state index in [2.05, 4.69) is 19.2 Å². The number of benzene rings is 2. The Morgan fingerprint density at radius 3 is 2.29 bits per heavy atom. The first-order valence-electron chi connectivity index (χ1n) is 9.19. The van der Waals surface area contributed by atoms with Crippen LogP contribution in [0.2, 0.25) is 0 Å². The topological polar surface area (TPSA) is 75.7 Å². The van der Waals surface area contributed by atoms with Crippen molar-refractivity contribution in [3.63, 3.8) is 0 Å². The Morgan fingerprint density at radius 1 is 1.07 bits per heavy atom. The summed E-state index contributed by atoms with van der Waals surface area (Å²) in [5.41, 5.74) is 1.71. The second-order valence-corrected chi connectivity index (χ2v) is 8.97. The number of nitrogens with one attached hydrogen (secondary N) is 1. The molecule has 0 aliphatic heterocycles. The van der Waals surface area contributed by atoms with Crippen molar-refractivity contribution in [2.24, 2.45) is 0 Å². The lowest BCUT2D eigenvalue weighted by atomic mass is 10.0. The molecule has 1 atom stereocenters. The second-order valence-electron chi connectivity index (χ2n) is 6.92. The van der Waals surface area contributed by atoms with Crippen molar-refractivity contribution in [2.75, 3.05) is 26.5 Å². The molecule has 2 aromatic rings. The lowest BCUT2D eigenvalue weighted by Gasteiger charge is -2.25. The number of sulfonamides is 1. The highest BCUT2D eigenvalue weighted by Gasteiger charge is 2.30. The lowest BCUT2D eigenvalue weighted by molar-refractivity contribution is -0.124. The Morgan fingerprint density at radius 2 is 1.68 bits per heavy atom. The molecule has 0 fully saturated rings. The number of rotatable bonds is 9. The number of para-hydroxylation sites is 1. The van der Waals surface area contributed by atoms with Crippen LogP contribution in [0.25, 0.3) is 0 Å². The van der Waals surface area contributed by atoms with Gasteiger partial charge in [0.1, 0.15) is 18.4 Å². The molecular weight excluding hydrogens is 376 g/mol. The Hall–Kier alpha value is -2.38. The molecule has 28 heavy (non-hydrogen) atoms. The van der Waals surface area contributed by atoms with Gasteiger partial charge in [-0.1, -0.05) is 62.4 Å². The molecule has 6 nitrogen and oxygen atoms in total. The van der Waals surface area contributed by atoms with E-state index in [1.54, 1.807) is 24.3 Å². The van der Waals surface area contributed by atoms with Crippen LogP contribution < -0.4 is 10.1 Å². The third-order valence-corrected chi connectivity index (χ3v) is 5.71. The summed E-state index contributed by atoms with van der Waals surface area (Å²) < 4.78 is 30.9. The lowest BCUT2D eigenvalue weighted by Crippen LogP contribution is -2.42. The van der Waals surface area contributed by atoms with Crippen LogP contribution in [0.3, 0.4) is 0 Å². The van der Waals surface area contributed by atoms with Crippen molar-refractivity contribution in [3.05, 3.63) is 65.7 Å². The van der Waals surface area contributed by atoms with E-state index in [9.17, 15) is 13.2 Å². The molecular formula is C21H28N2O4S. The van der Waals surface area contributed by atoms with Crippen molar-refractivity contribution in [1.29, 1.82) is 0 Å². The van der Waals surface area contributed by atoms with Gasteiger partial charge in [0.05, 0.1) is 12.8 Å². The molecule has 2 rings (SSSR count). The Labute approximate surface area is 167 Å². The van der Waals surface area contributed by atoms with E-state index in [-0.39, 0.29) is 12.5 Å². The van der Waals surface area contributed by atoms with E-state index < -0.39 is 16.1 Å². The van der Waals surface area contributed by atoms with E-state index in [0.717, 1.165) is 21.9 Å². The third-order valence-electron chi connectivity index (χ3n) is 4.45. The van der Waals surface area contributed by atoms with E-state index in [4.69, 9.17) is 4.74 Å². The van der Waals surface area contributed by atoms with Crippen LogP contribution in [0, 0.1) is 0 Å². The summed E-state index contributed by atoms with van der Waals surface area (Å²) in [6, 6.07) is 15.7. The van der Waals surface area contributed by atoms with Gasteiger partial charge in [-0.15, -0.1) is 0 Å². The molecule has 0 bridgehead atoms. The third kappa shape index (κ3) is 5.81. The van der Waals surface area contributed by atoms with Crippen LogP contribution in [0.1, 0.15) is 36.9 Å². The normalized spacial score (nSPS) is 12.8. The summed E-state index contributed by atoms with van der Waals surface area (Å²) in [5, 5.41) is 2.78. The fourth-order valence-corrected chi connectivity index (χ4v) is 3.47. The maximum absolute atomic E-state index is 12.7. The van der Waals surface area contributed by atoms with Crippen LogP contribution in [-0.4, -0.2) is 45.1 Å². The molecule has 1 amide bonds. The van der Waals surface area contributed by atoms with Crippen molar-refractivity contribution >= 4 is 15.9 Å². The Bertz CT molecular complexity index is 882. The van der Waals surface area contributed by atoms with Gasteiger partial charge < -0.3 is 10.1 Å². The zero-order chi connectivity index (χ0) is 20.7. The average molecular weight is 405 g/mol. The zero-order valence-corrected chi connectivity index (χ0v) is 17.6. The van der Waals surface area contributed by atoms with Gasteiger partial charge in [0.15, 0.2) is 0 Å². The largest absolute Gasteiger partial charge is 0.491 e. The van der Waals surface area contributed by atoms with Crippen LogP contribution in [0.4, 0.5) is 0 Å². The average Bonchev–Trinajstić information content (AvgIpc) is 2.65. The minimum absolute atomic E-state index is 0.270. The van der Waals surface area contributed by atoms with Crippen molar-refractivity contribution in [2.45, 2.75) is 25.8 Å². The molecule has 0 aliphatic rings. The molecule has 0 spiro atoms. The summed E-state index contributed by atoms with van der Waals surface area (Å²) in [6.45, 7) is 4.75. The number of ether oxygens (including phenoxy) is 1. The van der Waals surface area contributed by atoms with Gasteiger partial charge in [0, 0.05) is 7.05 Å². The fraction of sp³-hybridized carbons (Fsp3) is 0.381. The van der Waals surface area contributed by atoms with Crippen molar-refractivity contribution in [1.82, 2.24) is 9.62 Å². The van der Waals surface area contributed by atoms with Crippen LogP contribution in [0.15, 0.2) is 54.6 Å². The number of amides is 1. The highest BCUT2D eigenvalue weighted by atomic mass is 32.2. The van der Waals surface area contributed by atoms with Gasteiger partial charge in [-0.3, -0.25) is 4.79 Å². The maximum Gasteiger partial charge on any atom is 0.243 e. The van der Waals surface area contributed by atoms with Crippen molar-refractivity contribution in [3.8, 4) is 5.75 Å². The van der Waals surface area contributed by atoms with Crippen LogP contribution >= 0.6 is 0 Å². The van der Waals surface area contributed by atoms with E-state index in [1.165, 1.54) is 7.05 Å². The summed E-state index contributed by atoms with van der Waals surface area (Å²) in [5.74, 6) is 0.733. The SMILES string of the molecule is CC(C)c1ccccc1OCCNC(=O)[C@H](c1ccccc1)N(C)S(C)(=O)=O. The minimum atomic E-state index is -3.54. The highest BCUT2D eigenvalue weighted by Crippen LogP contribution is 2.26. The molecule has 0 unspecified atom stereocenters. The molecule has 152 valence electrons. The van der Waals surface area contributed by atoms with Gasteiger partial charge >= 0.3 is 0 Å². The Kier molecular flexibility index (Phi) is 7.60. The van der Waals surface area contributed by atoms with Crippen LogP contribution in [0.5, 0.6) is 5.75 Å². The van der Waals surface area contributed by atoms with Crippen molar-refractivity contribution < 1.29 is 17.9 Å². The number of hydrogen-bond acceptors (Lipinski definition) is 4. The van der Waals surface area contributed by atoms with Gasteiger partial charge in [0.2, 0.25) is 15.9 Å². The second kappa shape index (κ2) is 9.71. The first-order chi connectivity index (χ1) is 13.2. The molecule has 2 aromatic carbocycles. The first-order valence-corrected chi connectivity index (χ1v) is 11.0. The number of hydrogen-bond donors (Lipinski definition) is 1. The molecule has 0 saturated heterocycles. The predicted octanol–water partition coefficient (Wildman–Crippen LogP) is 2.94. The monoisotopic (exact) mass is 404 g/mol. The number of carbonyl (C=O) groups excluding carboxylic acids is 1. The van der Waals surface area contributed by atoms with Crippen LogP contribution in [-0.2, 0) is 14.8 Å². The molecule has 0 radical (unpaired) electrons. The van der Waals surface area contributed by atoms with Gasteiger partial charge in [-0.2, -0.15) is 4.31 Å².